The van der Waals surface area contributed by atoms with Crippen molar-refractivity contribution in [2.45, 2.75) is 62.9 Å². The third-order valence-corrected chi connectivity index (χ3v) is 4.18. The van der Waals surface area contributed by atoms with Gasteiger partial charge in [-0.1, -0.05) is 0 Å². The molecule has 0 unspecified atom stereocenters. The highest BCUT2D eigenvalue weighted by Gasteiger charge is 2.49. The van der Waals surface area contributed by atoms with E-state index in [9.17, 15) is 9.59 Å². The van der Waals surface area contributed by atoms with Crippen molar-refractivity contribution in [3.63, 3.8) is 0 Å². The number of carbonyl (C=O) groups excluding carboxylic acids is 2. The lowest BCUT2D eigenvalue weighted by molar-refractivity contribution is -0.189. The van der Waals surface area contributed by atoms with Gasteiger partial charge in [0.25, 0.3) is 0 Å². The van der Waals surface area contributed by atoms with Crippen molar-refractivity contribution in [2.24, 2.45) is 0 Å². The van der Waals surface area contributed by atoms with E-state index in [0.29, 0.717) is 19.3 Å². The SMILES string of the molecule is C[C@]12CC[C@H]3OC(=O)CCC[C@@H]3O[C@@H]1COC(=O)O2. The fraction of sp³-hybridized carbons (Fsp3) is 0.846. The number of esters is 1. The Morgan fingerprint density at radius 1 is 1.21 bits per heavy atom. The molecular weight excluding hydrogens is 252 g/mol. The first-order valence-corrected chi connectivity index (χ1v) is 6.77. The summed E-state index contributed by atoms with van der Waals surface area (Å²) in [6.45, 7) is 2.05. The van der Waals surface area contributed by atoms with E-state index in [2.05, 4.69) is 0 Å². The zero-order chi connectivity index (χ0) is 13.5. The Balaban J connectivity index is 1.79. The molecule has 3 heterocycles. The fourth-order valence-electron chi connectivity index (χ4n) is 2.98. The summed E-state index contributed by atoms with van der Waals surface area (Å²) in [4.78, 5) is 22.8. The highest BCUT2D eigenvalue weighted by atomic mass is 16.8. The highest BCUT2D eigenvalue weighted by molar-refractivity contribution is 5.69. The lowest BCUT2D eigenvalue weighted by Gasteiger charge is -2.38. The van der Waals surface area contributed by atoms with Gasteiger partial charge in [0, 0.05) is 6.42 Å². The van der Waals surface area contributed by atoms with Gasteiger partial charge < -0.3 is 18.9 Å². The van der Waals surface area contributed by atoms with Crippen LogP contribution in [-0.4, -0.2) is 42.6 Å². The van der Waals surface area contributed by atoms with Crippen LogP contribution in [0.1, 0.15) is 39.0 Å². The molecule has 0 saturated carbocycles. The summed E-state index contributed by atoms with van der Waals surface area (Å²) in [5.74, 6) is -0.167. The number of fused-ring (bicyclic) bond motifs is 2. The molecule has 106 valence electrons. The van der Waals surface area contributed by atoms with Crippen molar-refractivity contribution in [3.8, 4) is 0 Å². The van der Waals surface area contributed by atoms with Gasteiger partial charge >= 0.3 is 12.1 Å². The molecule has 3 fully saturated rings. The van der Waals surface area contributed by atoms with Crippen LogP contribution >= 0.6 is 0 Å². The third kappa shape index (κ3) is 2.41. The summed E-state index contributed by atoms with van der Waals surface area (Å²) in [6.07, 6.45) is 1.95. The Bertz CT molecular complexity index is 395. The first kappa shape index (κ1) is 12.7. The Labute approximate surface area is 111 Å². The second-order valence-corrected chi connectivity index (χ2v) is 5.60. The minimum Gasteiger partial charge on any atom is -0.460 e. The molecule has 0 radical (unpaired) electrons. The molecule has 3 aliphatic heterocycles. The van der Waals surface area contributed by atoms with Crippen LogP contribution < -0.4 is 0 Å². The second kappa shape index (κ2) is 4.67. The van der Waals surface area contributed by atoms with E-state index >= 15 is 0 Å². The summed E-state index contributed by atoms with van der Waals surface area (Å²) in [5.41, 5.74) is -0.687. The van der Waals surface area contributed by atoms with Crippen molar-refractivity contribution in [1.29, 1.82) is 0 Å². The first-order valence-electron chi connectivity index (χ1n) is 6.77. The molecule has 19 heavy (non-hydrogen) atoms. The van der Waals surface area contributed by atoms with Crippen LogP contribution in [-0.2, 0) is 23.7 Å². The number of carbonyl (C=O) groups is 2. The number of ether oxygens (including phenoxy) is 4. The average molecular weight is 270 g/mol. The second-order valence-electron chi connectivity index (χ2n) is 5.60. The van der Waals surface area contributed by atoms with Crippen LogP contribution in [0, 0.1) is 0 Å². The molecule has 0 N–H and O–H groups in total. The molecule has 0 aliphatic carbocycles. The lowest BCUT2D eigenvalue weighted by atomic mass is 9.92. The maximum atomic E-state index is 11.5. The number of rotatable bonds is 0. The van der Waals surface area contributed by atoms with Gasteiger partial charge in [0.05, 0.1) is 6.10 Å². The molecule has 0 spiro atoms. The van der Waals surface area contributed by atoms with Crippen molar-refractivity contribution in [2.75, 3.05) is 6.61 Å². The van der Waals surface area contributed by atoms with Crippen LogP contribution in [0.25, 0.3) is 0 Å². The molecule has 3 aliphatic rings. The molecular formula is C13H18O6. The van der Waals surface area contributed by atoms with E-state index < -0.39 is 11.8 Å². The summed E-state index contributed by atoms with van der Waals surface area (Å²) < 4.78 is 21.6. The summed E-state index contributed by atoms with van der Waals surface area (Å²) >= 11 is 0. The maximum absolute atomic E-state index is 11.5. The number of hydrogen-bond donors (Lipinski definition) is 0. The summed E-state index contributed by atoms with van der Waals surface area (Å²) in [6, 6.07) is 0. The average Bonchev–Trinajstić information content (AvgIpc) is 2.59. The molecule has 4 atom stereocenters. The predicted molar refractivity (Wildman–Crippen MR) is 62.5 cm³/mol. The Morgan fingerprint density at radius 2 is 2.05 bits per heavy atom. The summed E-state index contributed by atoms with van der Waals surface area (Å²) in [5, 5.41) is 0. The van der Waals surface area contributed by atoms with E-state index in [1.165, 1.54) is 0 Å². The van der Waals surface area contributed by atoms with Gasteiger partial charge in [0.15, 0.2) is 0 Å². The van der Waals surface area contributed by atoms with Crippen LogP contribution in [0.15, 0.2) is 0 Å². The van der Waals surface area contributed by atoms with E-state index in [-0.39, 0.29) is 30.9 Å². The lowest BCUT2D eigenvalue weighted by Crippen LogP contribution is -2.52. The van der Waals surface area contributed by atoms with Crippen molar-refractivity contribution >= 4 is 12.1 Å². The Kier molecular flexibility index (Phi) is 3.12. The minimum absolute atomic E-state index is 0.126. The van der Waals surface area contributed by atoms with Gasteiger partial charge in [-0.2, -0.15) is 0 Å². The zero-order valence-corrected chi connectivity index (χ0v) is 10.9. The number of cyclic esters (lactones) is 1. The topological polar surface area (TPSA) is 71.1 Å². The van der Waals surface area contributed by atoms with Crippen LogP contribution in [0.5, 0.6) is 0 Å². The molecule has 3 rings (SSSR count). The number of hydrogen-bond acceptors (Lipinski definition) is 6. The Morgan fingerprint density at radius 3 is 2.89 bits per heavy atom. The van der Waals surface area contributed by atoms with Gasteiger partial charge in [-0.05, 0) is 32.6 Å². The van der Waals surface area contributed by atoms with Gasteiger partial charge in [-0.3, -0.25) is 4.79 Å². The normalized spacial score (nSPS) is 42.7. The highest BCUT2D eigenvalue weighted by Crippen LogP contribution is 2.37. The largest absolute Gasteiger partial charge is 0.509 e. The standard InChI is InChI=1S/C13H18O6/c1-13-6-5-9-8(3-2-4-11(14)18-9)17-10(13)7-16-12(15)19-13/h8-10H,2-7H2,1H3/t8-,9+,10+,13-/m0/s1. The van der Waals surface area contributed by atoms with Gasteiger partial charge in [0.2, 0.25) is 0 Å². The predicted octanol–water partition coefficient (Wildman–Crippen LogP) is 1.56. The molecule has 6 nitrogen and oxygen atoms in total. The van der Waals surface area contributed by atoms with E-state index in [4.69, 9.17) is 18.9 Å². The quantitative estimate of drug-likeness (QED) is 0.622. The molecule has 3 saturated heterocycles. The summed E-state index contributed by atoms with van der Waals surface area (Å²) in [7, 11) is 0. The van der Waals surface area contributed by atoms with Gasteiger partial charge in [0.1, 0.15) is 24.4 Å². The van der Waals surface area contributed by atoms with E-state index in [0.717, 1.165) is 12.8 Å². The van der Waals surface area contributed by atoms with Crippen LogP contribution in [0.4, 0.5) is 4.79 Å². The van der Waals surface area contributed by atoms with Gasteiger partial charge in [-0.15, -0.1) is 0 Å². The molecule has 0 amide bonds. The van der Waals surface area contributed by atoms with E-state index in [1.54, 1.807) is 0 Å². The molecule has 0 aromatic carbocycles. The van der Waals surface area contributed by atoms with E-state index in [1.807, 2.05) is 6.92 Å². The molecule has 0 aromatic heterocycles. The van der Waals surface area contributed by atoms with Gasteiger partial charge in [-0.25, -0.2) is 4.79 Å². The molecule has 6 heteroatoms. The van der Waals surface area contributed by atoms with Crippen molar-refractivity contribution < 1.29 is 28.5 Å². The maximum Gasteiger partial charge on any atom is 0.509 e. The smallest absolute Gasteiger partial charge is 0.460 e. The van der Waals surface area contributed by atoms with Crippen molar-refractivity contribution in [1.82, 2.24) is 0 Å². The minimum atomic E-state index is -0.687. The monoisotopic (exact) mass is 270 g/mol. The van der Waals surface area contributed by atoms with Crippen molar-refractivity contribution in [3.05, 3.63) is 0 Å². The molecule has 0 aromatic rings. The van der Waals surface area contributed by atoms with Crippen LogP contribution in [0.2, 0.25) is 0 Å². The zero-order valence-electron chi connectivity index (χ0n) is 10.9. The van der Waals surface area contributed by atoms with Crippen LogP contribution in [0.3, 0.4) is 0 Å². The first-order chi connectivity index (χ1) is 9.07. The molecule has 0 bridgehead atoms. The Hall–Kier alpha value is -1.30. The fourth-order valence-corrected chi connectivity index (χ4v) is 2.98. The third-order valence-electron chi connectivity index (χ3n) is 4.18.